The molecule has 0 fully saturated rings. The molecule has 0 unspecified atom stereocenters. The predicted molar refractivity (Wildman–Crippen MR) is 69.4 cm³/mol. The third-order valence-corrected chi connectivity index (χ3v) is 2.60. The summed E-state index contributed by atoms with van der Waals surface area (Å²) in [4.78, 5) is 15.9. The fourth-order valence-electron chi connectivity index (χ4n) is 1.64. The normalized spacial score (nSPS) is 10.5. The fraction of sp³-hybridized carbons (Fsp3) is 0.231. The molecular formula is C13H15N3O2. The number of carbonyl (C=O) groups excluding carboxylic acids is 1. The first kappa shape index (κ1) is 12.3. The lowest BCUT2D eigenvalue weighted by Crippen LogP contribution is -2.26. The summed E-state index contributed by atoms with van der Waals surface area (Å²) in [6.07, 6.45) is 2.25. The van der Waals surface area contributed by atoms with Gasteiger partial charge in [-0.2, -0.15) is 0 Å². The molecule has 0 saturated carbocycles. The minimum Gasteiger partial charge on any atom is -0.508 e. The summed E-state index contributed by atoms with van der Waals surface area (Å²) in [5, 5.41) is 12.9. The van der Waals surface area contributed by atoms with Crippen molar-refractivity contribution in [2.75, 3.05) is 13.1 Å². The maximum Gasteiger partial charge on any atom is 0.252 e. The van der Waals surface area contributed by atoms with Gasteiger partial charge < -0.3 is 16.2 Å². The molecule has 1 aromatic carbocycles. The zero-order valence-corrected chi connectivity index (χ0v) is 9.89. The molecule has 0 aliphatic rings. The van der Waals surface area contributed by atoms with Gasteiger partial charge in [0.15, 0.2) is 0 Å². The largest absolute Gasteiger partial charge is 0.508 e. The molecule has 5 nitrogen and oxygen atoms in total. The Hall–Kier alpha value is -2.14. The molecule has 1 heterocycles. The lowest BCUT2D eigenvalue weighted by Gasteiger charge is -2.05. The number of fused-ring (bicyclic) bond motifs is 1. The molecule has 0 saturated heterocycles. The summed E-state index contributed by atoms with van der Waals surface area (Å²) in [7, 11) is 0. The molecule has 94 valence electrons. The van der Waals surface area contributed by atoms with E-state index in [0.29, 0.717) is 24.2 Å². The maximum atomic E-state index is 11.8. The molecule has 0 atom stereocenters. The SMILES string of the molecule is NCCCNC(=O)c1cnc2cc(O)ccc2c1. The first-order chi connectivity index (χ1) is 8.70. The Morgan fingerprint density at radius 3 is 3.00 bits per heavy atom. The standard InChI is InChI=1S/C13H15N3O2/c14-4-1-5-15-13(18)10-6-9-2-3-11(17)7-12(9)16-8-10/h2-3,6-8,17H,1,4-5,14H2,(H,15,18). The summed E-state index contributed by atoms with van der Waals surface area (Å²) in [5.74, 6) is 0.000993. The number of benzene rings is 1. The highest BCUT2D eigenvalue weighted by Crippen LogP contribution is 2.18. The van der Waals surface area contributed by atoms with Crippen LogP contribution in [-0.4, -0.2) is 29.1 Å². The number of pyridine rings is 1. The van der Waals surface area contributed by atoms with Crippen molar-refractivity contribution >= 4 is 16.8 Å². The molecule has 2 rings (SSSR count). The number of nitrogens with one attached hydrogen (secondary N) is 1. The number of amides is 1. The summed E-state index contributed by atoms with van der Waals surface area (Å²) >= 11 is 0. The van der Waals surface area contributed by atoms with Crippen molar-refractivity contribution in [3.63, 3.8) is 0 Å². The van der Waals surface area contributed by atoms with Gasteiger partial charge in [-0.05, 0) is 31.2 Å². The van der Waals surface area contributed by atoms with Crippen LogP contribution < -0.4 is 11.1 Å². The summed E-state index contributed by atoms with van der Waals surface area (Å²) in [6, 6.07) is 6.61. The van der Waals surface area contributed by atoms with Crippen molar-refractivity contribution in [3.8, 4) is 5.75 Å². The molecule has 18 heavy (non-hydrogen) atoms. The summed E-state index contributed by atoms with van der Waals surface area (Å²) < 4.78 is 0. The number of hydrogen-bond donors (Lipinski definition) is 3. The van der Waals surface area contributed by atoms with Crippen molar-refractivity contribution in [1.82, 2.24) is 10.3 Å². The van der Waals surface area contributed by atoms with Gasteiger partial charge >= 0.3 is 0 Å². The van der Waals surface area contributed by atoms with E-state index in [1.165, 1.54) is 6.20 Å². The lowest BCUT2D eigenvalue weighted by molar-refractivity contribution is 0.0953. The molecular weight excluding hydrogens is 230 g/mol. The van der Waals surface area contributed by atoms with E-state index < -0.39 is 0 Å². The van der Waals surface area contributed by atoms with Crippen molar-refractivity contribution in [2.45, 2.75) is 6.42 Å². The van der Waals surface area contributed by atoms with E-state index in [1.807, 2.05) is 0 Å². The second-order valence-corrected chi connectivity index (χ2v) is 4.00. The van der Waals surface area contributed by atoms with Crippen molar-refractivity contribution in [3.05, 3.63) is 36.0 Å². The van der Waals surface area contributed by atoms with Gasteiger partial charge in [-0.1, -0.05) is 0 Å². The average Bonchev–Trinajstić information content (AvgIpc) is 2.38. The van der Waals surface area contributed by atoms with Gasteiger partial charge in [0.2, 0.25) is 0 Å². The molecule has 2 aromatic rings. The van der Waals surface area contributed by atoms with Crippen LogP contribution in [-0.2, 0) is 0 Å². The number of aromatic hydroxyl groups is 1. The number of carbonyl (C=O) groups is 1. The molecule has 0 aliphatic carbocycles. The zero-order chi connectivity index (χ0) is 13.0. The molecule has 4 N–H and O–H groups in total. The van der Waals surface area contributed by atoms with Crippen LogP contribution in [0.4, 0.5) is 0 Å². The molecule has 0 spiro atoms. The first-order valence-electron chi connectivity index (χ1n) is 5.78. The number of nitrogens with two attached hydrogens (primary N) is 1. The van der Waals surface area contributed by atoms with Gasteiger partial charge in [-0.15, -0.1) is 0 Å². The Bertz CT molecular complexity index is 569. The summed E-state index contributed by atoms with van der Waals surface area (Å²) in [5.41, 5.74) is 6.52. The Labute approximate surface area is 105 Å². The highest BCUT2D eigenvalue weighted by Gasteiger charge is 2.06. The summed E-state index contributed by atoms with van der Waals surface area (Å²) in [6.45, 7) is 1.11. The van der Waals surface area contributed by atoms with E-state index >= 15 is 0 Å². The van der Waals surface area contributed by atoms with E-state index in [0.717, 1.165) is 11.8 Å². The van der Waals surface area contributed by atoms with Gasteiger partial charge in [0.25, 0.3) is 5.91 Å². The van der Waals surface area contributed by atoms with Crippen molar-refractivity contribution < 1.29 is 9.90 Å². The van der Waals surface area contributed by atoms with Crippen LogP contribution in [0.3, 0.4) is 0 Å². The smallest absolute Gasteiger partial charge is 0.252 e. The second kappa shape index (κ2) is 5.46. The number of hydrogen-bond acceptors (Lipinski definition) is 4. The number of phenolic OH excluding ortho intramolecular Hbond substituents is 1. The van der Waals surface area contributed by atoms with E-state index in [2.05, 4.69) is 10.3 Å². The van der Waals surface area contributed by atoms with Crippen molar-refractivity contribution in [2.24, 2.45) is 5.73 Å². The molecule has 0 aliphatic heterocycles. The molecule has 5 heteroatoms. The third kappa shape index (κ3) is 2.75. The van der Waals surface area contributed by atoms with E-state index in [9.17, 15) is 9.90 Å². The molecule has 1 aromatic heterocycles. The van der Waals surface area contributed by atoms with Gasteiger partial charge in [0.1, 0.15) is 5.75 Å². The topological polar surface area (TPSA) is 88.2 Å². The molecule has 0 radical (unpaired) electrons. The quantitative estimate of drug-likeness (QED) is 0.702. The lowest BCUT2D eigenvalue weighted by atomic mass is 10.1. The Morgan fingerprint density at radius 2 is 2.22 bits per heavy atom. The van der Waals surface area contributed by atoms with Gasteiger partial charge in [-0.3, -0.25) is 9.78 Å². The van der Waals surface area contributed by atoms with Gasteiger partial charge in [-0.25, -0.2) is 0 Å². The van der Waals surface area contributed by atoms with Crippen LogP contribution in [0.5, 0.6) is 5.75 Å². The maximum absolute atomic E-state index is 11.8. The molecule has 1 amide bonds. The Balaban J connectivity index is 2.19. The van der Waals surface area contributed by atoms with Crippen LogP contribution >= 0.6 is 0 Å². The molecule has 0 bridgehead atoms. The Morgan fingerprint density at radius 1 is 1.39 bits per heavy atom. The number of aromatic nitrogens is 1. The van der Waals surface area contributed by atoms with Crippen molar-refractivity contribution in [1.29, 1.82) is 0 Å². The number of nitrogens with zero attached hydrogens (tertiary/aromatic N) is 1. The predicted octanol–water partition coefficient (Wildman–Crippen LogP) is 1.02. The minimum atomic E-state index is -0.161. The van der Waals surface area contributed by atoms with E-state index in [-0.39, 0.29) is 11.7 Å². The first-order valence-corrected chi connectivity index (χ1v) is 5.78. The van der Waals surface area contributed by atoms with Crippen LogP contribution in [0.25, 0.3) is 10.9 Å². The monoisotopic (exact) mass is 245 g/mol. The average molecular weight is 245 g/mol. The number of rotatable bonds is 4. The zero-order valence-electron chi connectivity index (χ0n) is 9.89. The fourth-order valence-corrected chi connectivity index (χ4v) is 1.64. The van der Waals surface area contributed by atoms with E-state index in [4.69, 9.17) is 5.73 Å². The van der Waals surface area contributed by atoms with Crippen LogP contribution in [0.1, 0.15) is 16.8 Å². The van der Waals surface area contributed by atoms with Crippen LogP contribution in [0.15, 0.2) is 30.5 Å². The second-order valence-electron chi connectivity index (χ2n) is 4.00. The highest BCUT2D eigenvalue weighted by molar-refractivity contribution is 5.97. The number of phenols is 1. The van der Waals surface area contributed by atoms with Crippen LogP contribution in [0, 0.1) is 0 Å². The third-order valence-electron chi connectivity index (χ3n) is 2.60. The Kier molecular flexibility index (Phi) is 3.74. The highest BCUT2D eigenvalue weighted by atomic mass is 16.3. The van der Waals surface area contributed by atoms with Gasteiger partial charge in [0, 0.05) is 24.2 Å². The van der Waals surface area contributed by atoms with Gasteiger partial charge in [0.05, 0.1) is 11.1 Å². The van der Waals surface area contributed by atoms with Crippen LogP contribution in [0.2, 0.25) is 0 Å². The minimum absolute atomic E-state index is 0.161. The van der Waals surface area contributed by atoms with E-state index in [1.54, 1.807) is 24.3 Å².